The number of nitrogens with one attached hydrogen (secondary N) is 1. The van der Waals surface area contributed by atoms with E-state index < -0.39 is 11.8 Å². The van der Waals surface area contributed by atoms with E-state index in [2.05, 4.69) is 10.3 Å². The highest BCUT2D eigenvalue weighted by molar-refractivity contribution is 7.15. The summed E-state index contributed by atoms with van der Waals surface area (Å²) in [5, 5.41) is 12.2. The van der Waals surface area contributed by atoms with Gasteiger partial charge in [-0.3, -0.25) is 0 Å². The highest BCUT2D eigenvalue weighted by Gasteiger charge is 2.14. The predicted octanol–water partition coefficient (Wildman–Crippen LogP) is 3.04. The average Bonchev–Trinajstić information content (AvgIpc) is 2.70. The fourth-order valence-corrected chi connectivity index (χ4v) is 2.34. The maximum Gasteiger partial charge on any atom is 0.355 e. The number of methoxy groups -OCH3 is 1. The average molecular weight is 282 g/mol. The maximum absolute atomic E-state index is 13.5. The number of carbonyl (C=O) groups is 1. The van der Waals surface area contributed by atoms with Gasteiger partial charge < -0.3 is 15.2 Å². The van der Waals surface area contributed by atoms with Gasteiger partial charge in [0.2, 0.25) is 0 Å². The Morgan fingerprint density at radius 3 is 2.79 bits per heavy atom. The minimum Gasteiger partial charge on any atom is -0.494 e. The van der Waals surface area contributed by atoms with Crippen LogP contribution in [0.3, 0.4) is 0 Å². The monoisotopic (exact) mass is 282 g/mol. The van der Waals surface area contributed by atoms with Gasteiger partial charge in [0.05, 0.1) is 7.11 Å². The Balaban J connectivity index is 2.24. The van der Waals surface area contributed by atoms with Gasteiger partial charge in [0, 0.05) is 16.6 Å². The Hall–Kier alpha value is -2.15. The smallest absolute Gasteiger partial charge is 0.355 e. The highest BCUT2D eigenvalue weighted by Crippen LogP contribution is 2.27. The molecule has 0 saturated heterocycles. The fourth-order valence-electron chi connectivity index (χ4n) is 1.52. The second kappa shape index (κ2) is 5.23. The first-order valence-corrected chi connectivity index (χ1v) is 6.14. The normalized spacial score (nSPS) is 10.3. The first-order valence-electron chi connectivity index (χ1n) is 5.32. The number of carboxylic acids is 1. The van der Waals surface area contributed by atoms with Gasteiger partial charge in [0.1, 0.15) is 0 Å². The van der Waals surface area contributed by atoms with Gasteiger partial charge in [-0.1, -0.05) is 0 Å². The second-order valence-electron chi connectivity index (χ2n) is 3.70. The van der Waals surface area contributed by atoms with Crippen LogP contribution in [0.25, 0.3) is 0 Å². The van der Waals surface area contributed by atoms with Crippen molar-refractivity contribution < 1.29 is 19.0 Å². The summed E-state index contributed by atoms with van der Waals surface area (Å²) in [4.78, 5) is 15.4. The van der Waals surface area contributed by atoms with E-state index in [0.29, 0.717) is 15.7 Å². The van der Waals surface area contributed by atoms with Crippen molar-refractivity contribution >= 4 is 28.1 Å². The Kier molecular flexibility index (Phi) is 3.66. The molecule has 1 heterocycles. The number of nitrogens with zero attached hydrogens (tertiary/aromatic N) is 1. The molecule has 0 amide bonds. The Morgan fingerprint density at radius 1 is 1.53 bits per heavy atom. The number of ether oxygens (including phenoxy) is 1. The molecule has 0 unspecified atom stereocenters. The van der Waals surface area contributed by atoms with Crippen LogP contribution in [0.2, 0.25) is 0 Å². The van der Waals surface area contributed by atoms with Crippen LogP contribution in [0, 0.1) is 12.7 Å². The summed E-state index contributed by atoms with van der Waals surface area (Å²) in [6, 6.07) is 4.37. The van der Waals surface area contributed by atoms with Crippen molar-refractivity contribution in [3.8, 4) is 5.75 Å². The predicted molar refractivity (Wildman–Crippen MR) is 70.0 cm³/mol. The first-order chi connectivity index (χ1) is 9.01. The molecule has 0 atom stereocenters. The van der Waals surface area contributed by atoms with Gasteiger partial charge in [0.25, 0.3) is 0 Å². The Morgan fingerprint density at radius 2 is 2.26 bits per heavy atom. The molecular formula is C12H11FN2O3S. The van der Waals surface area contributed by atoms with E-state index in [4.69, 9.17) is 9.84 Å². The van der Waals surface area contributed by atoms with Crippen LogP contribution in [0.5, 0.6) is 5.75 Å². The van der Waals surface area contributed by atoms with E-state index in [1.807, 2.05) is 0 Å². The molecule has 0 aliphatic rings. The fraction of sp³-hybridized carbons (Fsp3) is 0.167. The number of hydrogen-bond donors (Lipinski definition) is 2. The van der Waals surface area contributed by atoms with Gasteiger partial charge in [-0.25, -0.2) is 14.2 Å². The lowest BCUT2D eigenvalue weighted by molar-refractivity contribution is 0.0690. The summed E-state index contributed by atoms with van der Waals surface area (Å²) < 4.78 is 18.3. The number of halogens is 1. The lowest BCUT2D eigenvalue weighted by atomic mass is 10.3. The van der Waals surface area contributed by atoms with Crippen LogP contribution in [-0.4, -0.2) is 23.2 Å². The molecule has 5 nitrogen and oxygen atoms in total. The summed E-state index contributed by atoms with van der Waals surface area (Å²) in [6.45, 7) is 1.67. The number of carboxylic acid groups (broad SMARTS) is 1. The van der Waals surface area contributed by atoms with Crippen molar-refractivity contribution in [2.75, 3.05) is 12.4 Å². The van der Waals surface area contributed by atoms with E-state index in [-0.39, 0.29) is 11.4 Å². The molecule has 0 fully saturated rings. The van der Waals surface area contributed by atoms with E-state index in [9.17, 15) is 9.18 Å². The maximum atomic E-state index is 13.5. The number of thiazole rings is 1. The molecule has 0 spiro atoms. The molecule has 0 bridgehead atoms. The lowest BCUT2D eigenvalue weighted by Gasteiger charge is -2.05. The summed E-state index contributed by atoms with van der Waals surface area (Å²) in [6.07, 6.45) is 0. The number of aromatic nitrogens is 1. The van der Waals surface area contributed by atoms with Crippen molar-refractivity contribution in [1.82, 2.24) is 4.98 Å². The summed E-state index contributed by atoms with van der Waals surface area (Å²) in [5.41, 5.74) is 0.477. The minimum absolute atomic E-state index is 0.00137. The molecule has 7 heteroatoms. The molecular weight excluding hydrogens is 271 g/mol. The van der Waals surface area contributed by atoms with Crippen LogP contribution in [-0.2, 0) is 0 Å². The van der Waals surface area contributed by atoms with E-state index >= 15 is 0 Å². The van der Waals surface area contributed by atoms with E-state index in [1.54, 1.807) is 13.0 Å². The van der Waals surface area contributed by atoms with Gasteiger partial charge in [0.15, 0.2) is 22.4 Å². The summed E-state index contributed by atoms with van der Waals surface area (Å²) in [5.74, 6) is -1.44. The molecule has 2 rings (SSSR count). The van der Waals surface area contributed by atoms with Crippen LogP contribution in [0.15, 0.2) is 18.2 Å². The quantitative estimate of drug-likeness (QED) is 0.901. The molecule has 0 radical (unpaired) electrons. The molecule has 0 aliphatic carbocycles. The second-order valence-corrected chi connectivity index (χ2v) is 4.91. The third kappa shape index (κ3) is 2.82. The standard InChI is InChI=1S/C12H11FN2O3S/c1-6-10(11(16)17)15-12(19-6)14-7-3-4-9(18-2)8(13)5-7/h3-5H,1-2H3,(H,14,15)(H,16,17). The molecule has 2 N–H and O–H groups in total. The third-order valence-electron chi connectivity index (χ3n) is 2.40. The largest absolute Gasteiger partial charge is 0.494 e. The van der Waals surface area contributed by atoms with Crippen LogP contribution in [0.4, 0.5) is 15.2 Å². The lowest BCUT2D eigenvalue weighted by Crippen LogP contribution is -1.99. The molecule has 0 saturated carbocycles. The Labute approximate surface area is 112 Å². The topological polar surface area (TPSA) is 71.5 Å². The van der Waals surface area contributed by atoms with Crippen molar-refractivity contribution in [3.63, 3.8) is 0 Å². The number of anilines is 2. The number of aromatic carboxylic acids is 1. The molecule has 19 heavy (non-hydrogen) atoms. The number of aryl methyl sites for hydroxylation is 1. The third-order valence-corrected chi connectivity index (χ3v) is 3.29. The molecule has 2 aromatic rings. The number of hydrogen-bond acceptors (Lipinski definition) is 5. The SMILES string of the molecule is COc1ccc(Nc2nc(C(=O)O)c(C)s2)cc1F. The zero-order valence-electron chi connectivity index (χ0n) is 10.2. The number of rotatable bonds is 4. The molecule has 100 valence electrons. The number of benzene rings is 1. The van der Waals surface area contributed by atoms with Crippen molar-refractivity contribution in [1.29, 1.82) is 0 Å². The zero-order chi connectivity index (χ0) is 14.0. The van der Waals surface area contributed by atoms with Gasteiger partial charge in [-0.05, 0) is 19.1 Å². The highest BCUT2D eigenvalue weighted by atomic mass is 32.1. The van der Waals surface area contributed by atoms with Gasteiger partial charge in [-0.15, -0.1) is 11.3 Å². The molecule has 1 aromatic carbocycles. The van der Waals surface area contributed by atoms with Crippen LogP contribution < -0.4 is 10.1 Å². The minimum atomic E-state index is -1.08. The molecule has 0 aliphatic heterocycles. The van der Waals surface area contributed by atoms with Crippen LogP contribution >= 0.6 is 11.3 Å². The summed E-state index contributed by atoms with van der Waals surface area (Å²) >= 11 is 1.20. The van der Waals surface area contributed by atoms with Crippen molar-refractivity contribution in [2.24, 2.45) is 0 Å². The van der Waals surface area contributed by atoms with Crippen molar-refractivity contribution in [3.05, 3.63) is 34.6 Å². The van der Waals surface area contributed by atoms with Gasteiger partial charge >= 0.3 is 5.97 Å². The first kappa shape index (κ1) is 13.3. The van der Waals surface area contributed by atoms with Crippen molar-refractivity contribution in [2.45, 2.75) is 6.92 Å². The zero-order valence-corrected chi connectivity index (χ0v) is 11.0. The summed E-state index contributed by atoms with van der Waals surface area (Å²) in [7, 11) is 1.38. The van der Waals surface area contributed by atoms with Gasteiger partial charge in [-0.2, -0.15) is 0 Å². The van der Waals surface area contributed by atoms with E-state index in [1.165, 1.54) is 30.6 Å². The Bertz CT molecular complexity index is 627. The molecule has 1 aromatic heterocycles. The van der Waals surface area contributed by atoms with E-state index in [0.717, 1.165) is 0 Å². The van der Waals surface area contributed by atoms with Crippen LogP contribution in [0.1, 0.15) is 15.4 Å².